The van der Waals surface area contributed by atoms with E-state index in [-0.39, 0.29) is 11.2 Å². The van der Waals surface area contributed by atoms with Crippen LogP contribution in [-0.4, -0.2) is 28.7 Å². The maximum atomic E-state index is 11.4. The lowest BCUT2D eigenvalue weighted by atomic mass is 9.86. The maximum Gasteiger partial charge on any atom is 0.202 e. The molecule has 0 saturated heterocycles. The molecule has 2 aromatic rings. The third kappa shape index (κ3) is 7.88. The van der Waals surface area contributed by atoms with Gasteiger partial charge in [-0.25, -0.2) is 0 Å². The molecule has 0 spiro atoms. The first-order valence-corrected chi connectivity index (χ1v) is 10.8. The number of allylic oxidation sites excluding steroid dienone is 4. The number of carbonyl (C=O) groups excluding carboxylic acids is 1. The van der Waals surface area contributed by atoms with Crippen molar-refractivity contribution in [3.05, 3.63) is 59.8 Å². The molecular formula is C25H30N2O2S. The number of ether oxygens (including phenoxy) is 1. The van der Waals surface area contributed by atoms with Gasteiger partial charge in [-0.05, 0) is 61.4 Å². The smallest absolute Gasteiger partial charge is 0.202 e. The van der Waals surface area contributed by atoms with Crippen LogP contribution in [0.1, 0.15) is 40.2 Å². The van der Waals surface area contributed by atoms with E-state index in [4.69, 9.17) is 16.6 Å². The molecule has 4 nitrogen and oxygen atoms in total. The minimum Gasteiger partial charge on any atom is -0.472 e. The average molecular weight is 423 g/mol. The van der Waals surface area contributed by atoms with Gasteiger partial charge in [-0.15, -0.1) is 18.2 Å². The Hall–Kier alpha value is -2.84. The van der Waals surface area contributed by atoms with Gasteiger partial charge in [0.1, 0.15) is 5.75 Å². The second-order valence-electron chi connectivity index (χ2n) is 7.56. The summed E-state index contributed by atoms with van der Waals surface area (Å²) in [6.07, 6.45) is 16.1. The number of carbonyl (C=O) groups is 1. The Kier molecular flexibility index (Phi) is 10.1. The van der Waals surface area contributed by atoms with E-state index in [1.165, 1.54) is 30.5 Å². The number of hydrogen-bond acceptors (Lipinski definition) is 5. The number of benzene rings is 1. The molecule has 1 atom stereocenters. The van der Waals surface area contributed by atoms with Gasteiger partial charge in [-0.1, -0.05) is 38.8 Å². The van der Waals surface area contributed by atoms with Crippen molar-refractivity contribution in [3.63, 3.8) is 0 Å². The largest absolute Gasteiger partial charge is 0.472 e. The van der Waals surface area contributed by atoms with E-state index < -0.39 is 5.44 Å². The molecule has 0 fully saturated rings. The second-order valence-corrected chi connectivity index (χ2v) is 8.46. The summed E-state index contributed by atoms with van der Waals surface area (Å²) in [4.78, 5) is 15.6. The molecule has 1 aromatic heterocycles. The number of hydrogen-bond donors (Lipinski definition) is 1. The number of nitrogens with one attached hydrogen (secondary N) is 1. The third-order valence-corrected chi connectivity index (χ3v) is 4.94. The lowest BCUT2D eigenvalue weighted by molar-refractivity contribution is -0.120. The molecule has 0 saturated carbocycles. The van der Waals surface area contributed by atoms with Crippen LogP contribution in [0.15, 0.2) is 54.3 Å². The van der Waals surface area contributed by atoms with Crippen LogP contribution >= 0.6 is 11.8 Å². The van der Waals surface area contributed by atoms with Crippen LogP contribution in [0.25, 0.3) is 10.9 Å². The van der Waals surface area contributed by atoms with Crippen LogP contribution in [0.3, 0.4) is 0 Å². The molecule has 158 valence electrons. The van der Waals surface area contributed by atoms with Gasteiger partial charge in [-0.3, -0.25) is 9.78 Å². The standard InChI is InChI=1S/C15H13NO2S.C10H17N/c1-4-11-7-12-8-13(5-6-14(12)16-9-11)18-15(19-3)10(2)17;1-5-6-9(7-8-11)10(2,3)4/h1,5-9,15H,2-3H3;5-8,11H,1-4H3/b;6-5-,9-7+,11-8?. The minimum atomic E-state index is -0.485. The first-order valence-electron chi connectivity index (χ1n) is 9.56. The highest BCUT2D eigenvalue weighted by Gasteiger charge is 2.14. The molecule has 0 aliphatic carbocycles. The van der Waals surface area contributed by atoms with Crippen molar-refractivity contribution in [2.24, 2.45) is 5.41 Å². The Labute approximate surface area is 184 Å². The molecule has 1 aromatic carbocycles. The summed E-state index contributed by atoms with van der Waals surface area (Å²) in [5, 5.41) is 7.86. The van der Waals surface area contributed by atoms with E-state index in [1.54, 1.807) is 12.3 Å². The van der Waals surface area contributed by atoms with E-state index in [1.807, 2.05) is 49.6 Å². The molecule has 1 unspecified atom stereocenters. The molecule has 30 heavy (non-hydrogen) atoms. The molecular weight excluding hydrogens is 392 g/mol. The van der Waals surface area contributed by atoms with Gasteiger partial charge in [0, 0.05) is 23.4 Å². The highest BCUT2D eigenvalue weighted by atomic mass is 32.2. The van der Waals surface area contributed by atoms with E-state index in [0.717, 1.165) is 16.5 Å². The summed E-state index contributed by atoms with van der Waals surface area (Å²) < 4.78 is 5.64. The Bertz CT molecular complexity index is 979. The molecule has 0 bridgehead atoms. The van der Waals surface area contributed by atoms with Crippen molar-refractivity contribution in [1.82, 2.24) is 4.98 Å². The van der Waals surface area contributed by atoms with Crippen molar-refractivity contribution >= 4 is 34.7 Å². The highest BCUT2D eigenvalue weighted by Crippen LogP contribution is 2.25. The third-order valence-electron chi connectivity index (χ3n) is 4.08. The lowest BCUT2D eigenvalue weighted by Crippen LogP contribution is -2.20. The van der Waals surface area contributed by atoms with Gasteiger partial charge in [0.05, 0.1) is 5.52 Å². The van der Waals surface area contributed by atoms with Gasteiger partial charge in [0.2, 0.25) is 5.44 Å². The van der Waals surface area contributed by atoms with Gasteiger partial charge >= 0.3 is 0 Å². The number of rotatable bonds is 6. The average Bonchev–Trinajstić information content (AvgIpc) is 2.70. The van der Waals surface area contributed by atoms with Crippen LogP contribution in [0, 0.1) is 23.2 Å². The van der Waals surface area contributed by atoms with Crippen LogP contribution in [0.4, 0.5) is 0 Å². The number of ketones is 1. The van der Waals surface area contributed by atoms with E-state index in [0.29, 0.717) is 5.75 Å². The summed E-state index contributed by atoms with van der Waals surface area (Å²) in [6, 6.07) is 7.37. The Morgan fingerprint density at radius 1 is 1.33 bits per heavy atom. The first-order chi connectivity index (χ1) is 14.2. The predicted octanol–water partition coefficient (Wildman–Crippen LogP) is 6.06. The van der Waals surface area contributed by atoms with Crippen LogP contribution in [0.5, 0.6) is 5.75 Å². The van der Waals surface area contributed by atoms with Crippen LogP contribution < -0.4 is 4.74 Å². The number of fused-ring (bicyclic) bond motifs is 1. The normalized spacial score (nSPS) is 12.6. The van der Waals surface area contributed by atoms with Crippen molar-refractivity contribution in [3.8, 4) is 18.1 Å². The summed E-state index contributed by atoms with van der Waals surface area (Å²) >= 11 is 1.37. The number of nitrogens with zero attached hydrogens (tertiary/aromatic N) is 1. The summed E-state index contributed by atoms with van der Waals surface area (Å²) in [5.41, 5.74) is 2.41. The Morgan fingerprint density at radius 2 is 2.03 bits per heavy atom. The van der Waals surface area contributed by atoms with Crippen molar-refractivity contribution in [2.45, 2.75) is 40.1 Å². The molecule has 0 amide bonds. The molecule has 0 aliphatic heterocycles. The fraction of sp³-hybridized carbons (Fsp3) is 0.320. The summed E-state index contributed by atoms with van der Waals surface area (Å²) in [7, 11) is 0. The topological polar surface area (TPSA) is 63.0 Å². The fourth-order valence-corrected chi connectivity index (χ4v) is 3.05. The minimum absolute atomic E-state index is 0.0110. The van der Waals surface area contributed by atoms with Crippen LogP contribution in [-0.2, 0) is 4.79 Å². The van der Waals surface area contributed by atoms with E-state index in [2.05, 4.69) is 31.7 Å². The predicted molar refractivity (Wildman–Crippen MR) is 129 cm³/mol. The van der Waals surface area contributed by atoms with Gasteiger partial charge in [0.25, 0.3) is 0 Å². The number of aromatic nitrogens is 1. The summed E-state index contributed by atoms with van der Waals surface area (Å²) in [5.74, 6) is 3.17. The zero-order chi connectivity index (χ0) is 22.7. The summed E-state index contributed by atoms with van der Waals surface area (Å²) in [6.45, 7) is 9.93. The zero-order valence-corrected chi connectivity index (χ0v) is 19.3. The van der Waals surface area contributed by atoms with E-state index in [9.17, 15) is 4.79 Å². The second kappa shape index (κ2) is 12.0. The monoisotopic (exact) mass is 422 g/mol. The lowest BCUT2D eigenvalue weighted by Gasteiger charge is -2.19. The fourth-order valence-electron chi connectivity index (χ4n) is 2.51. The van der Waals surface area contributed by atoms with Crippen molar-refractivity contribution in [2.75, 3.05) is 6.26 Å². The Morgan fingerprint density at radius 3 is 2.53 bits per heavy atom. The van der Waals surface area contributed by atoms with Crippen LogP contribution in [0.2, 0.25) is 0 Å². The van der Waals surface area contributed by atoms with E-state index >= 15 is 0 Å². The first kappa shape index (κ1) is 25.2. The maximum absolute atomic E-state index is 11.4. The molecule has 5 heteroatoms. The SMILES string of the molecule is C#Cc1cnc2ccc(OC(SC)C(C)=O)cc2c1.C/C=C\C(=C/C=N)C(C)(C)C. The van der Waals surface area contributed by atoms with Crippen molar-refractivity contribution in [1.29, 1.82) is 5.41 Å². The quantitative estimate of drug-likeness (QED) is 0.266. The Balaban J connectivity index is 0.000000352. The molecule has 1 heterocycles. The number of pyridine rings is 1. The molecule has 2 rings (SSSR count). The molecule has 1 N–H and O–H groups in total. The number of Topliss-reactive ketones (excluding diaryl/α,β-unsaturated/α-hetero) is 1. The number of terminal acetylenes is 1. The zero-order valence-electron chi connectivity index (χ0n) is 18.5. The molecule has 0 radical (unpaired) electrons. The van der Waals surface area contributed by atoms with Gasteiger partial charge in [-0.2, -0.15) is 0 Å². The van der Waals surface area contributed by atoms with Gasteiger partial charge < -0.3 is 10.1 Å². The molecule has 0 aliphatic rings. The van der Waals surface area contributed by atoms with Crippen molar-refractivity contribution < 1.29 is 9.53 Å². The van der Waals surface area contributed by atoms with Gasteiger partial charge in [0.15, 0.2) is 5.78 Å². The highest BCUT2D eigenvalue weighted by molar-refractivity contribution is 7.99. The number of thioether (sulfide) groups is 1.